The first-order valence-corrected chi connectivity index (χ1v) is 8.78. The molecule has 0 radical (unpaired) electrons. The van der Waals surface area contributed by atoms with Crippen molar-refractivity contribution < 1.29 is 8.42 Å². The molecule has 1 unspecified atom stereocenters. The summed E-state index contributed by atoms with van der Waals surface area (Å²) < 4.78 is 27.4. The average molecular weight is 390 g/mol. The monoisotopic (exact) mass is 388 g/mol. The fraction of sp³-hybridized carbons (Fsp3) is 0.214. The third kappa shape index (κ3) is 3.45. The maximum absolute atomic E-state index is 12.7. The van der Waals surface area contributed by atoms with Crippen LogP contribution in [0.4, 0.5) is 0 Å². The van der Waals surface area contributed by atoms with Crippen molar-refractivity contribution in [1.82, 2.24) is 9.29 Å². The maximum Gasteiger partial charge on any atom is 0.244 e. The molecule has 1 aromatic heterocycles. The summed E-state index contributed by atoms with van der Waals surface area (Å²) in [4.78, 5) is 4.03. The molecule has 0 fully saturated rings. The molecule has 0 amide bonds. The predicted molar refractivity (Wildman–Crippen MR) is 86.8 cm³/mol. The smallest absolute Gasteiger partial charge is 0.244 e. The fourth-order valence-corrected chi connectivity index (χ4v) is 4.26. The van der Waals surface area contributed by atoms with Gasteiger partial charge in [0.1, 0.15) is 4.90 Å². The maximum atomic E-state index is 12.7. The van der Waals surface area contributed by atoms with Gasteiger partial charge in [0, 0.05) is 30.0 Å². The van der Waals surface area contributed by atoms with Gasteiger partial charge >= 0.3 is 0 Å². The summed E-state index contributed by atoms with van der Waals surface area (Å²) in [5.41, 5.74) is 0.865. The van der Waals surface area contributed by atoms with Gasteiger partial charge in [-0.2, -0.15) is 4.31 Å². The van der Waals surface area contributed by atoms with Gasteiger partial charge in [-0.25, -0.2) is 8.42 Å². The lowest BCUT2D eigenvalue weighted by Gasteiger charge is -2.25. The number of hydrogen-bond acceptors (Lipinski definition) is 3. The van der Waals surface area contributed by atoms with Crippen LogP contribution >= 0.6 is 27.5 Å². The van der Waals surface area contributed by atoms with Crippen LogP contribution < -0.4 is 0 Å². The molecular weight excluding hydrogens is 376 g/mol. The zero-order valence-corrected chi connectivity index (χ0v) is 14.7. The van der Waals surface area contributed by atoms with Crippen LogP contribution in [0.3, 0.4) is 0 Å². The third-order valence-electron chi connectivity index (χ3n) is 3.28. The molecule has 2 rings (SSSR count). The van der Waals surface area contributed by atoms with E-state index in [1.807, 2.05) is 6.92 Å². The van der Waals surface area contributed by atoms with Crippen LogP contribution in [-0.4, -0.2) is 24.8 Å². The Balaban J connectivity index is 2.39. The van der Waals surface area contributed by atoms with E-state index >= 15 is 0 Å². The van der Waals surface area contributed by atoms with Crippen molar-refractivity contribution in [3.8, 4) is 0 Å². The summed E-state index contributed by atoms with van der Waals surface area (Å²) >= 11 is 9.33. The van der Waals surface area contributed by atoms with Crippen molar-refractivity contribution in [2.24, 2.45) is 0 Å². The first kappa shape index (κ1) is 16.4. The van der Waals surface area contributed by atoms with E-state index in [1.54, 1.807) is 43.7 Å². The highest BCUT2D eigenvalue weighted by molar-refractivity contribution is 9.10. The minimum Gasteiger partial charge on any atom is -0.265 e. The lowest BCUT2D eigenvalue weighted by molar-refractivity contribution is 0.398. The summed E-state index contributed by atoms with van der Waals surface area (Å²) in [5.74, 6) is 0. The lowest BCUT2D eigenvalue weighted by atomic mass is 10.1. The number of nitrogens with zero attached hydrogens (tertiary/aromatic N) is 2. The minimum atomic E-state index is -3.67. The highest BCUT2D eigenvalue weighted by Gasteiger charge is 2.28. The lowest BCUT2D eigenvalue weighted by Crippen LogP contribution is -2.30. The number of halogens is 2. The molecule has 0 aliphatic carbocycles. The van der Waals surface area contributed by atoms with Crippen molar-refractivity contribution in [1.29, 1.82) is 0 Å². The quantitative estimate of drug-likeness (QED) is 0.797. The Morgan fingerprint density at radius 1 is 1.24 bits per heavy atom. The van der Waals surface area contributed by atoms with Gasteiger partial charge in [-0.3, -0.25) is 4.98 Å². The summed E-state index contributed by atoms with van der Waals surface area (Å²) in [7, 11) is -2.13. The molecule has 0 N–H and O–H groups in total. The predicted octanol–water partition coefficient (Wildman–Crippen LogP) is 3.88. The zero-order chi connectivity index (χ0) is 15.6. The first-order chi connectivity index (χ1) is 9.84. The van der Waals surface area contributed by atoms with Gasteiger partial charge in [0.2, 0.25) is 10.0 Å². The van der Waals surface area contributed by atoms with Gasteiger partial charge in [-0.15, -0.1) is 0 Å². The molecule has 1 heterocycles. The van der Waals surface area contributed by atoms with E-state index in [4.69, 9.17) is 11.6 Å². The molecule has 21 heavy (non-hydrogen) atoms. The zero-order valence-electron chi connectivity index (χ0n) is 11.5. The van der Waals surface area contributed by atoms with E-state index < -0.39 is 10.0 Å². The van der Waals surface area contributed by atoms with E-state index in [1.165, 1.54) is 10.4 Å². The number of hydrogen-bond donors (Lipinski definition) is 0. The van der Waals surface area contributed by atoms with E-state index in [-0.39, 0.29) is 16.0 Å². The fourth-order valence-electron chi connectivity index (χ4n) is 1.90. The number of sulfonamides is 1. The van der Waals surface area contributed by atoms with Crippen molar-refractivity contribution in [2.75, 3.05) is 7.05 Å². The Bertz CT molecular complexity index is 738. The van der Waals surface area contributed by atoms with Crippen LogP contribution in [0.5, 0.6) is 0 Å². The van der Waals surface area contributed by atoms with Crippen LogP contribution in [0, 0.1) is 0 Å². The summed E-state index contributed by atoms with van der Waals surface area (Å²) in [5, 5.41) is 0.193. The van der Waals surface area contributed by atoms with E-state index in [9.17, 15) is 8.42 Å². The summed E-state index contributed by atoms with van der Waals surface area (Å²) in [6.07, 6.45) is 3.28. The molecule has 2 aromatic rings. The Morgan fingerprint density at radius 2 is 1.86 bits per heavy atom. The molecule has 0 saturated carbocycles. The van der Waals surface area contributed by atoms with Crippen molar-refractivity contribution >= 4 is 37.6 Å². The Labute approximate surface area is 137 Å². The summed E-state index contributed by atoms with van der Waals surface area (Å²) in [6, 6.07) is 7.98. The van der Waals surface area contributed by atoms with Gasteiger partial charge in [0.15, 0.2) is 0 Å². The van der Waals surface area contributed by atoms with E-state index in [0.29, 0.717) is 0 Å². The highest BCUT2D eigenvalue weighted by atomic mass is 79.9. The molecule has 112 valence electrons. The van der Waals surface area contributed by atoms with Crippen molar-refractivity contribution in [3.63, 3.8) is 0 Å². The second-order valence-electron chi connectivity index (χ2n) is 4.55. The van der Waals surface area contributed by atoms with Gasteiger partial charge in [0.05, 0.1) is 5.02 Å². The SMILES string of the molecule is CC(c1ccncc1)N(C)S(=O)(=O)c1ccc(Br)cc1Cl. The summed E-state index contributed by atoms with van der Waals surface area (Å²) in [6.45, 7) is 1.82. The van der Waals surface area contributed by atoms with Gasteiger partial charge in [-0.1, -0.05) is 27.5 Å². The first-order valence-electron chi connectivity index (χ1n) is 6.17. The van der Waals surface area contributed by atoms with E-state index in [0.717, 1.165) is 10.0 Å². The third-order valence-corrected chi connectivity index (χ3v) is 6.19. The Kier molecular flexibility index (Phi) is 5.03. The largest absolute Gasteiger partial charge is 0.265 e. The molecule has 1 atom stereocenters. The van der Waals surface area contributed by atoms with Crippen LogP contribution in [0.25, 0.3) is 0 Å². The molecule has 0 bridgehead atoms. The molecule has 7 heteroatoms. The van der Waals surface area contributed by atoms with Gasteiger partial charge < -0.3 is 0 Å². The Morgan fingerprint density at radius 3 is 2.43 bits per heavy atom. The molecule has 4 nitrogen and oxygen atoms in total. The molecular formula is C14H14BrClN2O2S. The molecule has 1 aromatic carbocycles. The Hall–Kier alpha value is -0.950. The molecule has 0 aliphatic rings. The van der Waals surface area contributed by atoms with Gasteiger partial charge in [0.25, 0.3) is 0 Å². The molecule has 0 spiro atoms. The van der Waals surface area contributed by atoms with Crippen LogP contribution in [0.15, 0.2) is 52.1 Å². The molecule has 0 aliphatic heterocycles. The van der Waals surface area contributed by atoms with E-state index in [2.05, 4.69) is 20.9 Å². The second-order valence-corrected chi connectivity index (χ2v) is 7.84. The van der Waals surface area contributed by atoms with Crippen molar-refractivity contribution in [2.45, 2.75) is 17.9 Å². The number of pyridine rings is 1. The number of rotatable bonds is 4. The van der Waals surface area contributed by atoms with Crippen LogP contribution in [0.1, 0.15) is 18.5 Å². The van der Waals surface area contributed by atoms with Crippen molar-refractivity contribution in [3.05, 3.63) is 57.8 Å². The van der Waals surface area contributed by atoms with Crippen LogP contribution in [-0.2, 0) is 10.0 Å². The standard InChI is InChI=1S/C14H14BrClN2O2S/c1-10(11-5-7-17-8-6-11)18(2)21(19,20)14-4-3-12(15)9-13(14)16/h3-10H,1-2H3. The van der Waals surface area contributed by atoms with Crippen LogP contribution in [0.2, 0.25) is 5.02 Å². The minimum absolute atomic E-state index is 0.0933. The van der Waals surface area contributed by atoms with Gasteiger partial charge in [-0.05, 0) is 42.8 Å². The highest BCUT2D eigenvalue weighted by Crippen LogP contribution is 2.31. The normalized spacial score (nSPS) is 13.4. The average Bonchev–Trinajstić information content (AvgIpc) is 2.46. The number of benzene rings is 1. The second kappa shape index (κ2) is 6.44. The topological polar surface area (TPSA) is 50.3 Å². The number of aromatic nitrogens is 1. The molecule has 0 saturated heterocycles.